The number of thioether (sulfide) groups is 1. The van der Waals surface area contributed by atoms with Gasteiger partial charge >= 0.3 is 0 Å². The van der Waals surface area contributed by atoms with Crippen LogP contribution >= 0.6 is 11.8 Å². The molecule has 0 aromatic heterocycles. The number of aryl methyl sites for hydroxylation is 1. The predicted octanol–water partition coefficient (Wildman–Crippen LogP) is 2.22. The highest BCUT2D eigenvalue weighted by molar-refractivity contribution is 7.98. The van der Waals surface area contributed by atoms with E-state index in [1.54, 1.807) is 11.8 Å². The van der Waals surface area contributed by atoms with Crippen LogP contribution in [-0.4, -0.2) is 25.5 Å². The molecule has 0 aliphatic heterocycles. The summed E-state index contributed by atoms with van der Waals surface area (Å²) in [6.45, 7) is 2.11. The first-order valence-corrected chi connectivity index (χ1v) is 6.93. The van der Waals surface area contributed by atoms with Crippen LogP contribution in [0.1, 0.15) is 5.56 Å². The lowest BCUT2D eigenvalue weighted by molar-refractivity contribution is 0.490. The Bertz CT molecular complexity index is 363. The molecule has 0 radical (unpaired) electrons. The molecule has 0 saturated heterocycles. The van der Waals surface area contributed by atoms with Crippen molar-refractivity contribution in [2.24, 2.45) is 0 Å². The Balaban J connectivity index is 0.000000292. The van der Waals surface area contributed by atoms with Gasteiger partial charge in [0.05, 0.1) is 6.26 Å². The molecule has 5 heteroatoms. The highest BCUT2D eigenvalue weighted by Gasteiger charge is 1.86. The van der Waals surface area contributed by atoms with E-state index in [0.717, 1.165) is 0 Å². The van der Waals surface area contributed by atoms with Gasteiger partial charge in [0.2, 0.25) is 0 Å². The number of hydrogen-bond acceptors (Lipinski definition) is 3. The van der Waals surface area contributed by atoms with Crippen LogP contribution in [0.25, 0.3) is 0 Å². The van der Waals surface area contributed by atoms with Crippen molar-refractivity contribution in [3.05, 3.63) is 29.8 Å². The van der Waals surface area contributed by atoms with Crippen LogP contribution in [0.2, 0.25) is 0 Å². The lowest BCUT2D eigenvalue weighted by Gasteiger charge is -1.94. The van der Waals surface area contributed by atoms with Gasteiger partial charge in [-0.1, -0.05) is 17.7 Å². The number of benzene rings is 1. The molecule has 0 fully saturated rings. The summed E-state index contributed by atoms with van der Waals surface area (Å²) in [4.78, 5) is 1.34. The van der Waals surface area contributed by atoms with Crippen LogP contribution in [0, 0.1) is 6.92 Å². The topological polar surface area (TPSA) is 54.4 Å². The number of hydrogen-bond donors (Lipinski definition) is 1. The summed E-state index contributed by atoms with van der Waals surface area (Å²) in [6.07, 6.45) is 2.81. The standard InChI is InChI=1S/C8H10S.CH4O3S/c1-7-4-3-5-8(6-7)9-2;1-5(2,3)4/h3-6H,1-2H3;1H3,(H,2,3,4). The normalized spacial score (nSPS) is 10.3. The van der Waals surface area contributed by atoms with Gasteiger partial charge in [0.25, 0.3) is 10.1 Å². The van der Waals surface area contributed by atoms with Crippen molar-refractivity contribution in [2.45, 2.75) is 11.8 Å². The molecule has 0 saturated carbocycles. The second-order valence-electron chi connectivity index (χ2n) is 2.75. The van der Waals surface area contributed by atoms with Crippen LogP contribution in [0.4, 0.5) is 0 Å². The van der Waals surface area contributed by atoms with Gasteiger partial charge in [-0.2, -0.15) is 8.42 Å². The van der Waals surface area contributed by atoms with Crippen molar-refractivity contribution in [3.8, 4) is 0 Å². The molecule has 3 nitrogen and oxygen atoms in total. The highest BCUT2D eigenvalue weighted by Crippen LogP contribution is 2.14. The molecule has 1 N–H and O–H groups in total. The Morgan fingerprint density at radius 2 is 1.86 bits per heavy atom. The second kappa shape index (κ2) is 6.06. The summed E-state index contributed by atoms with van der Waals surface area (Å²) in [5, 5.41) is 0. The quantitative estimate of drug-likeness (QED) is 0.598. The highest BCUT2D eigenvalue weighted by atomic mass is 32.2. The molecular formula is C9H14O3S2. The van der Waals surface area contributed by atoms with Crippen LogP contribution in [0.3, 0.4) is 0 Å². The molecule has 14 heavy (non-hydrogen) atoms. The fraction of sp³-hybridized carbons (Fsp3) is 0.333. The van der Waals surface area contributed by atoms with Gasteiger partial charge in [-0.25, -0.2) is 0 Å². The third-order valence-electron chi connectivity index (χ3n) is 1.23. The largest absolute Gasteiger partial charge is 0.286 e. The average Bonchev–Trinajstić information content (AvgIpc) is 2.01. The summed E-state index contributed by atoms with van der Waals surface area (Å²) in [5.41, 5.74) is 1.34. The minimum Gasteiger partial charge on any atom is -0.286 e. The Kier molecular flexibility index (Phi) is 5.83. The molecule has 0 bridgehead atoms. The molecule has 0 spiro atoms. The molecule has 1 aromatic carbocycles. The van der Waals surface area contributed by atoms with Gasteiger partial charge in [0.1, 0.15) is 0 Å². The Labute approximate surface area is 89.3 Å². The first kappa shape index (κ1) is 13.5. The molecule has 1 aromatic rings. The van der Waals surface area contributed by atoms with Crippen molar-refractivity contribution in [2.75, 3.05) is 12.5 Å². The number of rotatable bonds is 1. The van der Waals surface area contributed by atoms with Gasteiger partial charge in [-0.15, -0.1) is 11.8 Å². The summed E-state index contributed by atoms with van der Waals surface area (Å²) >= 11 is 1.78. The molecular weight excluding hydrogens is 220 g/mol. The maximum absolute atomic E-state index is 9.19. The Morgan fingerprint density at radius 3 is 2.14 bits per heavy atom. The molecule has 0 heterocycles. The zero-order valence-corrected chi connectivity index (χ0v) is 10.0. The molecule has 0 aliphatic carbocycles. The minimum absolute atomic E-state index is 0.715. The predicted molar refractivity (Wildman–Crippen MR) is 60.4 cm³/mol. The van der Waals surface area contributed by atoms with Gasteiger partial charge in [0, 0.05) is 4.90 Å². The van der Waals surface area contributed by atoms with E-state index in [0.29, 0.717) is 6.26 Å². The molecule has 0 aliphatic rings. The summed E-state index contributed by atoms with van der Waals surface area (Å²) in [7, 11) is -3.67. The van der Waals surface area contributed by atoms with Crippen molar-refractivity contribution < 1.29 is 13.0 Å². The first-order chi connectivity index (χ1) is 6.33. The van der Waals surface area contributed by atoms with E-state index in [9.17, 15) is 8.42 Å². The van der Waals surface area contributed by atoms with Crippen LogP contribution in [-0.2, 0) is 10.1 Å². The van der Waals surface area contributed by atoms with Gasteiger partial charge in [-0.05, 0) is 25.3 Å². The molecule has 0 atom stereocenters. The first-order valence-electron chi connectivity index (χ1n) is 3.86. The lowest BCUT2D eigenvalue weighted by atomic mass is 10.2. The molecule has 0 amide bonds. The van der Waals surface area contributed by atoms with Crippen LogP contribution < -0.4 is 0 Å². The minimum atomic E-state index is -3.67. The SMILES string of the molecule is CS(=O)(=O)O.CSc1cccc(C)c1. The summed E-state index contributed by atoms with van der Waals surface area (Å²) in [6, 6.07) is 8.50. The van der Waals surface area contributed by atoms with E-state index >= 15 is 0 Å². The Hall–Kier alpha value is -0.520. The van der Waals surface area contributed by atoms with Crippen LogP contribution in [0.5, 0.6) is 0 Å². The maximum Gasteiger partial charge on any atom is 0.261 e. The van der Waals surface area contributed by atoms with Crippen molar-refractivity contribution in [1.82, 2.24) is 0 Å². The third-order valence-corrected chi connectivity index (χ3v) is 1.95. The van der Waals surface area contributed by atoms with E-state index in [1.165, 1.54) is 10.5 Å². The van der Waals surface area contributed by atoms with Gasteiger partial charge in [-0.3, -0.25) is 4.55 Å². The van der Waals surface area contributed by atoms with E-state index in [-0.39, 0.29) is 0 Å². The lowest BCUT2D eigenvalue weighted by Crippen LogP contribution is -1.88. The third kappa shape index (κ3) is 9.57. The van der Waals surface area contributed by atoms with E-state index in [1.807, 2.05) is 0 Å². The van der Waals surface area contributed by atoms with Crippen molar-refractivity contribution in [3.63, 3.8) is 0 Å². The maximum atomic E-state index is 9.19. The van der Waals surface area contributed by atoms with E-state index < -0.39 is 10.1 Å². The van der Waals surface area contributed by atoms with Crippen molar-refractivity contribution >= 4 is 21.9 Å². The zero-order valence-electron chi connectivity index (χ0n) is 8.39. The fourth-order valence-electron chi connectivity index (χ4n) is 0.742. The van der Waals surface area contributed by atoms with E-state index in [2.05, 4.69) is 37.4 Å². The molecule has 80 valence electrons. The second-order valence-corrected chi connectivity index (χ2v) is 5.10. The average molecular weight is 234 g/mol. The van der Waals surface area contributed by atoms with Gasteiger partial charge < -0.3 is 0 Å². The fourth-order valence-corrected chi connectivity index (χ4v) is 1.26. The van der Waals surface area contributed by atoms with Crippen molar-refractivity contribution in [1.29, 1.82) is 0 Å². The van der Waals surface area contributed by atoms with Crippen LogP contribution in [0.15, 0.2) is 29.2 Å². The summed E-state index contributed by atoms with van der Waals surface area (Å²) < 4.78 is 25.9. The smallest absolute Gasteiger partial charge is 0.261 e. The van der Waals surface area contributed by atoms with Gasteiger partial charge in [0.15, 0.2) is 0 Å². The summed E-state index contributed by atoms with van der Waals surface area (Å²) in [5.74, 6) is 0. The Morgan fingerprint density at radius 1 is 1.36 bits per heavy atom. The van der Waals surface area contributed by atoms with E-state index in [4.69, 9.17) is 4.55 Å². The zero-order chi connectivity index (χ0) is 11.2. The molecule has 0 unspecified atom stereocenters. The monoisotopic (exact) mass is 234 g/mol. The molecule has 1 rings (SSSR count).